The van der Waals surface area contributed by atoms with Crippen molar-refractivity contribution in [3.05, 3.63) is 35.9 Å². The second kappa shape index (κ2) is 7.76. The minimum absolute atomic E-state index is 0.401. The van der Waals surface area contributed by atoms with Crippen LogP contribution >= 0.6 is 0 Å². The fraction of sp³-hybridized carbons (Fsp3) is 0.471. The van der Waals surface area contributed by atoms with Gasteiger partial charge < -0.3 is 15.4 Å². The molecule has 0 spiro atoms. The topological polar surface area (TPSA) is 84.5 Å². The van der Waals surface area contributed by atoms with Crippen LogP contribution in [-0.4, -0.2) is 36.5 Å². The predicted molar refractivity (Wildman–Crippen MR) is 87.1 cm³/mol. The number of Topliss-reactive ketones (excluding diaryl/α,β-unsaturated/α-hetero) is 1. The van der Waals surface area contributed by atoms with Crippen LogP contribution in [0.1, 0.15) is 39.2 Å². The van der Waals surface area contributed by atoms with E-state index in [4.69, 9.17) is 4.74 Å². The second-order valence-corrected chi connectivity index (χ2v) is 6.23. The summed E-state index contributed by atoms with van der Waals surface area (Å²) in [6.07, 6.45) is -0.693. The summed E-state index contributed by atoms with van der Waals surface area (Å²) < 4.78 is 5.13. The SMILES string of the molecule is CNC(=O)C(C(=O)[C@H](C)NC(=O)OC(C)(C)C)c1ccccc1. The minimum atomic E-state index is -0.980. The number of likely N-dealkylation sites (N-methyl/N-ethyl adjacent to an activating group) is 1. The number of alkyl carbamates (subject to hydrolysis) is 1. The van der Waals surface area contributed by atoms with Crippen molar-refractivity contribution in [3.8, 4) is 0 Å². The minimum Gasteiger partial charge on any atom is -0.444 e. The molecule has 6 heteroatoms. The summed E-state index contributed by atoms with van der Waals surface area (Å²) in [5.74, 6) is -1.80. The van der Waals surface area contributed by atoms with Gasteiger partial charge in [-0.05, 0) is 33.3 Å². The summed E-state index contributed by atoms with van der Waals surface area (Å²) in [6.45, 7) is 6.73. The molecule has 23 heavy (non-hydrogen) atoms. The van der Waals surface area contributed by atoms with Gasteiger partial charge in [0.2, 0.25) is 5.91 Å². The van der Waals surface area contributed by atoms with Crippen LogP contribution in [0, 0.1) is 0 Å². The summed E-state index contributed by atoms with van der Waals surface area (Å²) >= 11 is 0. The first-order valence-electron chi connectivity index (χ1n) is 7.45. The molecule has 0 aromatic heterocycles. The van der Waals surface area contributed by atoms with Crippen molar-refractivity contribution < 1.29 is 19.1 Å². The van der Waals surface area contributed by atoms with E-state index in [0.717, 1.165) is 0 Å². The lowest BCUT2D eigenvalue weighted by atomic mass is 9.90. The molecule has 1 aromatic rings. The number of amides is 2. The normalized spacial score (nSPS) is 13.6. The standard InChI is InChI=1S/C17H24N2O4/c1-11(19-16(22)23-17(2,3)4)14(20)13(15(21)18-5)12-9-7-6-8-10-12/h6-11,13H,1-5H3,(H,18,21)(H,19,22)/t11-,13?/m0/s1. The molecule has 0 bridgehead atoms. The number of ketones is 1. The van der Waals surface area contributed by atoms with Crippen molar-refractivity contribution in [2.45, 2.75) is 45.3 Å². The Labute approximate surface area is 136 Å². The molecule has 126 valence electrons. The predicted octanol–water partition coefficient (Wildman–Crippen LogP) is 2.00. The zero-order valence-corrected chi connectivity index (χ0v) is 14.2. The Balaban J connectivity index is 2.89. The number of rotatable bonds is 5. The molecule has 2 atom stereocenters. The summed E-state index contributed by atoms with van der Waals surface area (Å²) in [4.78, 5) is 36.5. The molecule has 2 N–H and O–H groups in total. The van der Waals surface area contributed by atoms with E-state index >= 15 is 0 Å². The maximum atomic E-state index is 12.6. The van der Waals surface area contributed by atoms with Crippen LogP contribution in [0.15, 0.2) is 30.3 Å². The van der Waals surface area contributed by atoms with Crippen molar-refractivity contribution in [1.29, 1.82) is 0 Å². The van der Waals surface area contributed by atoms with Gasteiger partial charge in [-0.2, -0.15) is 0 Å². The Morgan fingerprint density at radius 3 is 2.13 bits per heavy atom. The Kier molecular flexibility index (Phi) is 6.30. The van der Waals surface area contributed by atoms with Gasteiger partial charge in [0.1, 0.15) is 11.5 Å². The quantitative estimate of drug-likeness (QED) is 0.813. The first kappa shape index (κ1) is 18.7. The molecule has 0 radical (unpaired) electrons. The number of carbonyl (C=O) groups is 3. The third kappa shape index (κ3) is 5.73. The molecule has 1 aromatic carbocycles. The molecule has 1 rings (SSSR count). The van der Waals surface area contributed by atoms with Gasteiger partial charge in [0, 0.05) is 7.05 Å². The third-order valence-electron chi connectivity index (χ3n) is 3.09. The maximum Gasteiger partial charge on any atom is 0.408 e. The van der Waals surface area contributed by atoms with E-state index in [9.17, 15) is 14.4 Å². The highest BCUT2D eigenvalue weighted by atomic mass is 16.6. The summed E-state index contributed by atoms with van der Waals surface area (Å²) in [7, 11) is 1.47. The molecular formula is C17H24N2O4. The lowest BCUT2D eigenvalue weighted by Gasteiger charge is -2.23. The zero-order valence-electron chi connectivity index (χ0n) is 14.2. The van der Waals surface area contributed by atoms with Crippen LogP contribution in [0.4, 0.5) is 4.79 Å². The highest BCUT2D eigenvalue weighted by Gasteiger charge is 2.32. The molecule has 0 fully saturated rings. The van der Waals surface area contributed by atoms with Gasteiger partial charge in [0.15, 0.2) is 5.78 Å². The van der Waals surface area contributed by atoms with Gasteiger partial charge in [0.05, 0.1) is 6.04 Å². The number of benzene rings is 1. The number of hydrogen-bond donors (Lipinski definition) is 2. The van der Waals surface area contributed by atoms with E-state index in [0.29, 0.717) is 5.56 Å². The summed E-state index contributed by atoms with van der Waals surface area (Å²) in [6, 6.07) is 7.87. The van der Waals surface area contributed by atoms with E-state index in [-0.39, 0.29) is 0 Å². The monoisotopic (exact) mass is 320 g/mol. The van der Waals surface area contributed by atoms with Gasteiger partial charge >= 0.3 is 6.09 Å². The summed E-state index contributed by atoms with van der Waals surface area (Å²) in [5, 5.41) is 4.96. The third-order valence-corrected chi connectivity index (χ3v) is 3.09. The summed E-state index contributed by atoms with van der Waals surface area (Å²) in [5.41, 5.74) is -0.0818. The average molecular weight is 320 g/mol. The van der Waals surface area contributed by atoms with Gasteiger partial charge in [-0.15, -0.1) is 0 Å². The fourth-order valence-corrected chi connectivity index (χ4v) is 2.04. The van der Waals surface area contributed by atoms with Crippen molar-refractivity contribution in [3.63, 3.8) is 0 Å². The van der Waals surface area contributed by atoms with E-state index in [1.54, 1.807) is 51.1 Å². The molecule has 1 unspecified atom stereocenters. The van der Waals surface area contributed by atoms with Crippen LogP contribution in [0.25, 0.3) is 0 Å². The molecule has 2 amide bonds. The number of carbonyl (C=O) groups excluding carboxylic acids is 3. The van der Waals surface area contributed by atoms with Crippen LogP contribution in [0.5, 0.6) is 0 Å². The zero-order chi connectivity index (χ0) is 17.6. The van der Waals surface area contributed by atoms with Gasteiger partial charge in [-0.3, -0.25) is 9.59 Å². The molecule has 0 aliphatic rings. The second-order valence-electron chi connectivity index (χ2n) is 6.23. The van der Waals surface area contributed by atoms with Crippen molar-refractivity contribution >= 4 is 17.8 Å². The molecular weight excluding hydrogens is 296 g/mol. The van der Waals surface area contributed by atoms with E-state index < -0.39 is 35.3 Å². The Bertz CT molecular complexity index is 564. The van der Waals surface area contributed by atoms with Crippen LogP contribution in [0.3, 0.4) is 0 Å². The number of ether oxygens (including phenoxy) is 1. The highest BCUT2D eigenvalue weighted by molar-refractivity contribution is 6.09. The molecule has 0 aliphatic heterocycles. The van der Waals surface area contributed by atoms with Crippen LogP contribution < -0.4 is 10.6 Å². The van der Waals surface area contributed by atoms with E-state index in [2.05, 4.69) is 10.6 Å². The van der Waals surface area contributed by atoms with Crippen molar-refractivity contribution in [2.75, 3.05) is 7.05 Å². The largest absolute Gasteiger partial charge is 0.444 e. The fourth-order valence-electron chi connectivity index (χ4n) is 2.04. The van der Waals surface area contributed by atoms with Gasteiger partial charge in [0.25, 0.3) is 0 Å². The van der Waals surface area contributed by atoms with E-state index in [1.165, 1.54) is 14.0 Å². The Morgan fingerprint density at radius 1 is 1.09 bits per heavy atom. The smallest absolute Gasteiger partial charge is 0.408 e. The lowest BCUT2D eigenvalue weighted by molar-refractivity contribution is -0.131. The first-order chi connectivity index (χ1) is 10.7. The van der Waals surface area contributed by atoms with Gasteiger partial charge in [-0.1, -0.05) is 30.3 Å². The molecule has 0 heterocycles. The number of hydrogen-bond acceptors (Lipinski definition) is 4. The van der Waals surface area contributed by atoms with Gasteiger partial charge in [-0.25, -0.2) is 4.79 Å². The number of nitrogens with one attached hydrogen (secondary N) is 2. The van der Waals surface area contributed by atoms with Crippen LogP contribution in [0.2, 0.25) is 0 Å². The van der Waals surface area contributed by atoms with Crippen molar-refractivity contribution in [2.24, 2.45) is 0 Å². The maximum absolute atomic E-state index is 12.6. The lowest BCUT2D eigenvalue weighted by Crippen LogP contribution is -2.46. The Hall–Kier alpha value is -2.37. The van der Waals surface area contributed by atoms with Crippen LogP contribution in [-0.2, 0) is 14.3 Å². The molecule has 6 nitrogen and oxygen atoms in total. The van der Waals surface area contributed by atoms with E-state index in [1.807, 2.05) is 0 Å². The first-order valence-corrected chi connectivity index (χ1v) is 7.45. The molecule has 0 saturated carbocycles. The highest BCUT2D eigenvalue weighted by Crippen LogP contribution is 2.19. The molecule has 0 aliphatic carbocycles. The van der Waals surface area contributed by atoms with Crippen molar-refractivity contribution in [1.82, 2.24) is 10.6 Å². The average Bonchev–Trinajstić information content (AvgIpc) is 2.46. The Morgan fingerprint density at radius 2 is 1.65 bits per heavy atom. The molecule has 0 saturated heterocycles.